The van der Waals surface area contributed by atoms with Gasteiger partial charge in [0.1, 0.15) is 0 Å². The van der Waals surface area contributed by atoms with Crippen LogP contribution in [0.25, 0.3) is 6.08 Å². The van der Waals surface area contributed by atoms with Crippen LogP contribution in [0.5, 0.6) is 0 Å². The first-order valence-electron chi connectivity index (χ1n) is 13.1. The Morgan fingerprint density at radius 2 is 1.34 bits per heavy atom. The molecule has 0 nitrogen and oxygen atoms in total. The Hall–Kier alpha value is -0.690. The van der Waals surface area contributed by atoms with Gasteiger partial charge >= 0.3 is 188 Å². The average molecular weight is 602 g/mol. The summed E-state index contributed by atoms with van der Waals surface area (Å²) >= 11 is -5.72. The minimum atomic E-state index is -5.72. The van der Waals surface area contributed by atoms with E-state index in [1.807, 2.05) is 0 Å². The van der Waals surface area contributed by atoms with Crippen LogP contribution in [-0.2, 0) is 28.6 Å². The molecule has 1 aromatic carbocycles. The summed E-state index contributed by atoms with van der Waals surface area (Å²) in [5.74, 6) is 0. The molecule has 0 N–H and O–H groups in total. The Balaban J connectivity index is 2.21. The van der Waals surface area contributed by atoms with E-state index in [4.69, 9.17) is 0 Å². The third kappa shape index (κ3) is 2.88. The van der Waals surface area contributed by atoms with E-state index in [9.17, 15) is 0 Å². The number of benzene rings is 1. The molecule has 1 heteroatoms. The van der Waals surface area contributed by atoms with E-state index in [2.05, 4.69) is 116 Å². The monoisotopic (exact) mass is 603 g/mol. The third-order valence-corrected chi connectivity index (χ3v) is 57.0. The molecule has 0 bridgehead atoms. The molecule has 4 rings (SSSR count). The van der Waals surface area contributed by atoms with Crippen LogP contribution in [-0.4, -0.2) is 0 Å². The molecule has 0 spiro atoms. The third-order valence-electron chi connectivity index (χ3n) is 11.2. The summed E-state index contributed by atoms with van der Waals surface area (Å²) in [6, 6.07) is 5.21. The van der Waals surface area contributed by atoms with Gasteiger partial charge in [-0.25, -0.2) is 0 Å². The van der Waals surface area contributed by atoms with Gasteiger partial charge in [-0.05, 0) is 0 Å². The van der Waals surface area contributed by atoms with E-state index in [1.54, 1.807) is 16.7 Å². The second-order valence-corrected chi connectivity index (χ2v) is 134. The summed E-state index contributed by atoms with van der Waals surface area (Å²) in [5.41, 5.74) is 6.78. The molecule has 1 aromatic rings. The van der Waals surface area contributed by atoms with Crippen LogP contribution in [0.1, 0.15) is 63.3 Å². The molecule has 179 valence electrons. The number of rotatable bonds is 3. The van der Waals surface area contributed by atoms with Gasteiger partial charge in [0.2, 0.25) is 0 Å². The Morgan fingerprint density at radius 1 is 0.844 bits per heavy atom. The van der Waals surface area contributed by atoms with Crippen molar-refractivity contribution >= 4 is 6.08 Å². The van der Waals surface area contributed by atoms with Gasteiger partial charge in [-0.15, -0.1) is 0 Å². The van der Waals surface area contributed by atoms with Gasteiger partial charge in [-0.1, -0.05) is 0 Å². The molecule has 0 saturated carbocycles. The Kier molecular flexibility index (Phi) is 3.16. The second kappa shape index (κ2) is 4.14. The fourth-order valence-electron chi connectivity index (χ4n) is 8.46. The van der Waals surface area contributed by atoms with Crippen LogP contribution in [0, 0.1) is 10.8 Å². The molecule has 1 unspecified atom stereocenters. The molecule has 0 radical (unpaired) electrons. The number of hydrogen-bond donors (Lipinski definition) is 0. The fraction of sp³-hybridized carbons (Fsp3) is 0.613. The van der Waals surface area contributed by atoms with Crippen molar-refractivity contribution in [3.05, 3.63) is 64.8 Å². The summed E-state index contributed by atoms with van der Waals surface area (Å²) < 4.78 is 19.6. The van der Waals surface area contributed by atoms with Crippen molar-refractivity contribution in [3.8, 4) is 0 Å². The molecule has 0 heterocycles. The molecule has 0 saturated heterocycles. The van der Waals surface area contributed by atoms with Crippen molar-refractivity contribution in [1.29, 1.82) is 0 Å². The van der Waals surface area contributed by atoms with Gasteiger partial charge in [0, 0.05) is 0 Å². The Bertz CT molecular complexity index is 1190. The first kappa shape index (κ1) is 24.4. The molecule has 0 aliphatic heterocycles. The first-order valence-corrected chi connectivity index (χ1v) is 42.2. The van der Waals surface area contributed by atoms with Crippen LogP contribution >= 0.6 is 0 Å². The number of fused-ring (bicyclic) bond motifs is 2. The molecule has 3 aliphatic rings. The summed E-state index contributed by atoms with van der Waals surface area (Å²) in [4.78, 5) is 0. The standard InChI is InChI=1S/C19H25.C5H5.7CH3.Hf/c1-18(2,3)10-14-7-6-13-8-15-11-19(4,5)12-16(15)9-17(13)14;1-2-4-5-3-1;;;;;;;;/h6-9H,10-12H2,1-5H3;1-5H;7*1H3;. The predicted octanol–water partition coefficient (Wildman–Crippen LogP) is 10.6. The van der Waals surface area contributed by atoms with Crippen LogP contribution < -0.4 is 0 Å². The van der Waals surface area contributed by atoms with Gasteiger partial charge in [0.05, 0.1) is 0 Å². The van der Waals surface area contributed by atoms with Gasteiger partial charge in [-0.3, -0.25) is 0 Å². The van der Waals surface area contributed by atoms with Gasteiger partial charge in [0.25, 0.3) is 0 Å². The van der Waals surface area contributed by atoms with Crippen molar-refractivity contribution in [3.63, 3.8) is 0 Å². The normalized spacial score (nSPS) is 31.1. The average Bonchev–Trinajstić information content (AvgIpc) is 3.19. The molecule has 0 aromatic heterocycles. The zero-order valence-corrected chi connectivity index (χ0v) is 26.9. The van der Waals surface area contributed by atoms with Gasteiger partial charge in [0.15, 0.2) is 0 Å². The minimum absolute atomic E-state index is 0.0689. The van der Waals surface area contributed by atoms with Crippen molar-refractivity contribution in [2.75, 3.05) is 0 Å². The van der Waals surface area contributed by atoms with E-state index >= 15 is 0 Å². The summed E-state index contributed by atoms with van der Waals surface area (Å²) in [7, 11) is 0. The number of allylic oxidation sites excluding steroid dienone is 5. The van der Waals surface area contributed by atoms with E-state index in [0.29, 0.717) is 9.09 Å². The topological polar surface area (TPSA) is 0 Å². The molecule has 0 amide bonds. The van der Waals surface area contributed by atoms with Crippen LogP contribution in [0.3, 0.4) is 0 Å². The molecule has 3 aliphatic carbocycles. The fourth-order valence-corrected chi connectivity index (χ4v) is 41.4. The maximum atomic E-state index is 2.76. The van der Waals surface area contributed by atoms with Crippen molar-refractivity contribution in [2.45, 2.75) is 93.5 Å². The van der Waals surface area contributed by atoms with Gasteiger partial charge in [-0.2, -0.15) is 0 Å². The predicted molar refractivity (Wildman–Crippen MR) is 145 cm³/mol. The second-order valence-electron chi connectivity index (χ2n) is 24.5. The van der Waals surface area contributed by atoms with E-state index in [-0.39, 0.29) is 8.59 Å². The molecule has 1 atom stereocenters. The van der Waals surface area contributed by atoms with Crippen molar-refractivity contribution < 1.29 is 12.6 Å². The van der Waals surface area contributed by atoms with E-state index in [0.717, 1.165) is 6.42 Å². The van der Waals surface area contributed by atoms with Crippen LogP contribution in [0.15, 0.2) is 42.5 Å². The quantitative estimate of drug-likeness (QED) is 0.302. The van der Waals surface area contributed by atoms with E-state index in [1.165, 1.54) is 18.4 Å². The zero-order valence-electron chi connectivity index (χ0n) is 23.3. The molecular formula is C31H51Hf. The summed E-state index contributed by atoms with van der Waals surface area (Å²) in [6.07, 6.45) is 18.3. The molecular weight excluding hydrogens is 551 g/mol. The Labute approximate surface area is 186 Å². The van der Waals surface area contributed by atoms with Crippen LogP contribution in [0.4, 0.5) is 0 Å². The maximum absolute atomic E-state index is 5.72. The van der Waals surface area contributed by atoms with E-state index < -0.39 is 12.6 Å². The zero-order chi connectivity index (χ0) is 24.5. The van der Waals surface area contributed by atoms with Crippen molar-refractivity contribution in [1.82, 2.24) is 0 Å². The molecule has 0 fully saturated rings. The van der Waals surface area contributed by atoms with Crippen molar-refractivity contribution in [2.24, 2.45) is 10.8 Å². The summed E-state index contributed by atoms with van der Waals surface area (Å²) in [6.45, 7) is 12.2. The van der Waals surface area contributed by atoms with Crippen LogP contribution in [0.2, 0.25) is 36.4 Å². The number of hydrogen-bond acceptors (Lipinski definition) is 0. The first-order chi connectivity index (χ1) is 13.6. The Morgan fingerprint density at radius 3 is 1.84 bits per heavy atom. The SMILES string of the molecule is CC(C)(C)C[C]1([Hf]([CH3])([CH3])([CH3])([CH3])([CH3])([CH3])([CH3])[CH]2C=CC=C2)C=Cc2cc3c(cc21)CC(C)(C)C3. The van der Waals surface area contributed by atoms with Gasteiger partial charge < -0.3 is 0 Å². The summed E-state index contributed by atoms with van der Waals surface area (Å²) in [5, 5.41) is 0. The molecule has 32 heavy (non-hydrogen) atoms.